The van der Waals surface area contributed by atoms with E-state index in [1.165, 1.54) is 12.1 Å². The van der Waals surface area contributed by atoms with Crippen LogP contribution in [0.5, 0.6) is 0 Å². The SMILES string of the molecule is NS(=O)(=O)c1cccc(Cn2c(C(=O)O)cc3ccccc32)c1. The molecule has 0 aliphatic heterocycles. The average Bonchev–Trinajstić information content (AvgIpc) is 2.86. The van der Waals surface area contributed by atoms with E-state index in [9.17, 15) is 18.3 Å². The zero-order valence-electron chi connectivity index (χ0n) is 12.0. The second-order valence-corrected chi connectivity index (χ2v) is 6.73. The van der Waals surface area contributed by atoms with E-state index in [1.807, 2.05) is 24.3 Å². The van der Waals surface area contributed by atoms with Crippen LogP contribution in [0.25, 0.3) is 10.9 Å². The Morgan fingerprint density at radius 3 is 2.52 bits per heavy atom. The molecule has 0 spiro atoms. The second kappa shape index (κ2) is 5.53. The number of para-hydroxylation sites is 1. The van der Waals surface area contributed by atoms with Crippen molar-refractivity contribution in [1.82, 2.24) is 4.57 Å². The Morgan fingerprint density at radius 2 is 1.83 bits per heavy atom. The first-order valence-electron chi connectivity index (χ1n) is 6.79. The van der Waals surface area contributed by atoms with Crippen molar-refractivity contribution in [3.63, 3.8) is 0 Å². The second-order valence-electron chi connectivity index (χ2n) is 5.17. The number of sulfonamides is 1. The highest BCUT2D eigenvalue weighted by atomic mass is 32.2. The lowest BCUT2D eigenvalue weighted by molar-refractivity contribution is 0.0686. The summed E-state index contributed by atoms with van der Waals surface area (Å²) in [5, 5.41) is 15.3. The fraction of sp³-hybridized carbons (Fsp3) is 0.0625. The first-order chi connectivity index (χ1) is 10.9. The van der Waals surface area contributed by atoms with Crippen LogP contribution in [0.15, 0.2) is 59.5 Å². The van der Waals surface area contributed by atoms with Gasteiger partial charge in [-0.25, -0.2) is 18.4 Å². The van der Waals surface area contributed by atoms with E-state index in [4.69, 9.17) is 5.14 Å². The summed E-state index contributed by atoms with van der Waals surface area (Å²) in [7, 11) is -3.80. The Hall–Kier alpha value is -2.64. The molecule has 7 heteroatoms. The number of fused-ring (bicyclic) bond motifs is 1. The van der Waals surface area contributed by atoms with Gasteiger partial charge in [0.05, 0.1) is 4.90 Å². The van der Waals surface area contributed by atoms with Crippen molar-refractivity contribution < 1.29 is 18.3 Å². The number of primary sulfonamides is 1. The quantitative estimate of drug-likeness (QED) is 0.764. The molecule has 3 rings (SSSR count). The molecule has 0 saturated heterocycles. The number of aromatic carboxylic acids is 1. The summed E-state index contributed by atoms with van der Waals surface area (Å²) in [6, 6.07) is 15.1. The maximum atomic E-state index is 11.5. The van der Waals surface area contributed by atoms with Gasteiger partial charge in [-0.15, -0.1) is 0 Å². The van der Waals surface area contributed by atoms with Gasteiger partial charge in [-0.1, -0.05) is 30.3 Å². The molecule has 3 N–H and O–H groups in total. The Labute approximate surface area is 132 Å². The van der Waals surface area contributed by atoms with Crippen LogP contribution in [0.3, 0.4) is 0 Å². The van der Waals surface area contributed by atoms with Gasteiger partial charge in [0.15, 0.2) is 0 Å². The zero-order valence-corrected chi connectivity index (χ0v) is 12.8. The van der Waals surface area contributed by atoms with Crippen molar-refractivity contribution in [3.8, 4) is 0 Å². The minimum atomic E-state index is -3.80. The van der Waals surface area contributed by atoms with Gasteiger partial charge in [-0.3, -0.25) is 0 Å². The molecule has 23 heavy (non-hydrogen) atoms. The smallest absolute Gasteiger partial charge is 0.352 e. The Bertz CT molecular complexity index is 1010. The third-order valence-corrected chi connectivity index (χ3v) is 4.51. The van der Waals surface area contributed by atoms with E-state index in [2.05, 4.69) is 0 Å². The number of carbonyl (C=O) groups is 1. The standard InChI is InChI=1S/C16H14N2O4S/c17-23(21,22)13-6-3-4-11(8-13)10-18-14-7-2-1-5-12(14)9-15(18)16(19)20/h1-9H,10H2,(H,19,20)(H2,17,21,22). The first kappa shape index (κ1) is 15.3. The monoisotopic (exact) mass is 330 g/mol. The Balaban J connectivity index is 2.12. The summed E-state index contributed by atoms with van der Waals surface area (Å²) in [5.74, 6) is -1.04. The molecule has 0 unspecified atom stereocenters. The highest BCUT2D eigenvalue weighted by Crippen LogP contribution is 2.22. The number of nitrogens with two attached hydrogens (primary N) is 1. The molecule has 1 heterocycles. The van der Waals surface area contributed by atoms with Gasteiger partial charge >= 0.3 is 5.97 Å². The maximum Gasteiger partial charge on any atom is 0.352 e. The van der Waals surface area contributed by atoms with Gasteiger partial charge in [0, 0.05) is 17.4 Å². The summed E-state index contributed by atoms with van der Waals surface area (Å²) < 4.78 is 24.5. The van der Waals surface area contributed by atoms with Gasteiger partial charge in [-0.05, 0) is 29.8 Å². The lowest BCUT2D eigenvalue weighted by atomic mass is 10.2. The van der Waals surface area contributed by atoms with Crippen LogP contribution >= 0.6 is 0 Å². The topological polar surface area (TPSA) is 102 Å². The molecule has 0 fully saturated rings. The largest absolute Gasteiger partial charge is 0.477 e. The molecule has 0 amide bonds. The van der Waals surface area contributed by atoms with E-state index in [1.54, 1.807) is 22.8 Å². The zero-order chi connectivity index (χ0) is 16.6. The number of carboxylic acids is 1. The minimum absolute atomic E-state index is 0.00309. The highest BCUT2D eigenvalue weighted by Gasteiger charge is 2.15. The van der Waals surface area contributed by atoms with E-state index >= 15 is 0 Å². The highest BCUT2D eigenvalue weighted by molar-refractivity contribution is 7.89. The van der Waals surface area contributed by atoms with E-state index < -0.39 is 16.0 Å². The molecule has 6 nitrogen and oxygen atoms in total. The number of hydrogen-bond donors (Lipinski definition) is 2. The predicted octanol–water partition coefficient (Wildman–Crippen LogP) is 2.04. The van der Waals surface area contributed by atoms with Gasteiger partial charge in [0.25, 0.3) is 0 Å². The molecule has 0 saturated carbocycles. The van der Waals surface area contributed by atoms with Crippen LogP contribution in [0.1, 0.15) is 16.1 Å². The molecule has 0 atom stereocenters. The summed E-state index contributed by atoms with van der Waals surface area (Å²) in [6.45, 7) is 0.235. The summed E-state index contributed by atoms with van der Waals surface area (Å²) >= 11 is 0. The summed E-state index contributed by atoms with van der Waals surface area (Å²) in [6.07, 6.45) is 0. The molecule has 1 aromatic heterocycles. The van der Waals surface area contributed by atoms with E-state index in [0.29, 0.717) is 5.56 Å². The van der Waals surface area contributed by atoms with Crippen molar-refractivity contribution in [2.45, 2.75) is 11.4 Å². The minimum Gasteiger partial charge on any atom is -0.477 e. The van der Waals surface area contributed by atoms with Crippen molar-refractivity contribution in [2.24, 2.45) is 5.14 Å². The molecule has 0 radical (unpaired) electrons. The lowest BCUT2D eigenvalue weighted by Gasteiger charge is -2.09. The Morgan fingerprint density at radius 1 is 1.09 bits per heavy atom. The number of rotatable bonds is 4. The molecule has 3 aromatic rings. The van der Waals surface area contributed by atoms with E-state index in [0.717, 1.165) is 10.9 Å². The van der Waals surface area contributed by atoms with Crippen LogP contribution in [0, 0.1) is 0 Å². The lowest BCUT2D eigenvalue weighted by Crippen LogP contribution is -2.13. The molecular weight excluding hydrogens is 316 g/mol. The van der Waals surface area contributed by atoms with Crippen LogP contribution in [0.2, 0.25) is 0 Å². The number of carboxylic acid groups (broad SMARTS) is 1. The number of aromatic nitrogens is 1. The fourth-order valence-corrected chi connectivity index (χ4v) is 3.15. The van der Waals surface area contributed by atoms with E-state index in [-0.39, 0.29) is 17.1 Å². The van der Waals surface area contributed by atoms with Gasteiger partial charge < -0.3 is 9.67 Å². The van der Waals surface area contributed by atoms with Gasteiger partial charge in [-0.2, -0.15) is 0 Å². The fourth-order valence-electron chi connectivity index (χ4n) is 2.56. The molecule has 0 aliphatic carbocycles. The molecule has 118 valence electrons. The van der Waals surface area contributed by atoms with Crippen LogP contribution in [-0.2, 0) is 16.6 Å². The predicted molar refractivity (Wildman–Crippen MR) is 85.8 cm³/mol. The summed E-state index contributed by atoms with van der Waals surface area (Å²) in [4.78, 5) is 11.5. The number of benzene rings is 2. The average molecular weight is 330 g/mol. The van der Waals surface area contributed by atoms with Gasteiger partial charge in [0.2, 0.25) is 10.0 Å². The summed E-state index contributed by atoms with van der Waals surface area (Å²) in [5.41, 5.74) is 1.57. The molecular formula is C16H14N2O4S. The molecule has 0 aliphatic rings. The Kier molecular flexibility index (Phi) is 3.67. The normalized spacial score (nSPS) is 11.7. The van der Waals surface area contributed by atoms with Crippen LogP contribution in [-0.4, -0.2) is 24.1 Å². The molecule has 2 aromatic carbocycles. The number of nitrogens with zero attached hydrogens (tertiary/aromatic N) is 1. The third-order valence-electron chi connectivity index (χ3n) is 3.60. The maximum absolute atomic E-state index is 11.5. The first-order valence-corrected chi connectivity index (χ1v) is 8.34. The number of hydrogen-bond acceptors (Lipinski definition) is 3. The van der Waals surface area contributed by atoms with Crippen molar-refractivity contribution in [1.29, 1.82) is 0 Å². The van der Waals surface area contributed by atoms with Gasteiger partial charge in [0.1, 0.15) is 5.69 Å². The van der Waals surface area contributed by atoms with Crippen LogP contribution < -0.4 is 5.14 Å². The molecule has 0 bridgehead atoms. The van der Waals surface area contributed by atoms with Crippen molar-refractivity contribution in [3.05, 3.63) is 65.9 Å². The van der Waals surface area contributed by atoms with Crippen LogP contribution in [0.4, 0.5) is 0 Å². The third kappa shape index (κ3) is 2.96. The van der Waals surface area contributed by atoms with Crippen molar-refractivity contribution >= 4 is 26.9 Å². The van der Waals surface area contributed by atoms with Crippen molar-refractivity contribution in [2.75, 3.05) is 0 Å².